The minimum absolute atomic E-state index is 0.419. The van der Waals surface area contributed by atoms with Gasteiger partial charge in [0.2, 0.25) is 0 Å². The lowest BCUT2D eigenvalue weighted by Crippen LogP contribution is -2.36. The Kier molecular flexibility index (Phi) is 3.37. The molecule has 0 aromatic carbocycles. The van der Waals surface area contributed by atoms with Crippen LogP contribution in [0, 0.1) is 11.3 Å². The molecule has 0 radical (unpaired) electrons. The van der Waals surface area contributed by atoms with Crippen molar-refractivity contribution in [1.29, 1.82) is 0 Å². The van der Waals surface area contributed by atoms with Gasteiger partial charge in [-0.05, 0) is 25.3 Å². The lowest BCUT2D eigenvalue weighted by molar-refractivity contribution is 0.212. The molecule has 10 heavy (non-hydrogen) atoms. The molecule has 1 N–H and O–H groups in total. The van der Waals surface area contributed by atoms with Crippen LogP contribution in [0.25, 0.3) is 0 Å². The van der Waals surface area contributed by atoms with Gasteiger partial charge in [0.15, 0.2) is 0 Å². The quantitative estimate of drug-likeness (QED) is 0.625. The molecule has 62 valence electrons. The monoisotopic (exact) mass is 143 g/mol. The molecule has 0 fully saturated rings. The summed E-state index contributed by atoms with van der Waals surface area (Å²) < 4.78 is 0. The average molecular weight is 143 g/mol. The van der Waals surface area contributed by atoms with E-state index in [2.05, 4.69) is 39.9 Å². The van der Waals surface area contributed by atoms with E-state index in [-0.39, 0.29) is 0 Å². The molecule has 0 bridgehead atoms. The fourth-order valence-corrected chi connectivity index (χ4v) is 1.00. The molecule has 0 rings (SSSR count). The summed E-state index contributed by atoms with van der Waals surface area (Å²) in [6, 6.07) is 0.611. The van der Waals surface area contributed by atoms with Gasteiger partial charge in [0, 0.05) is 6.04 Å². The van der Waals surface area contributed by atoms with Gasteiger partial charge in [0.25, 0.3) is 0 Å². The van der Waals surface area contributed by atoms with E-state index in [1.807, 2.05) is 7.05 Å². The zero-order valence-corrected chi connectivity index (χ0v) is 8.15. The second kappa shape index (κ2) is 3.38. The highest BCUT2D eigenvalue weighted by molar-refractivity contribution is 4.77. The fraction of sp³-hybridized carbons (Fsp3) is 1.00. The maximum atomic E-state index is 3.27. The maximum absolute atomic E-state index is 3.27. The zero-order valence-electron chi connectivity index (χ0n) is 8.15. The van der Waals surface area contributed by atoms with E-state index in [0.717, 1.165) is 5.92 Å². The minimum atomic E-state index is 0.419. The standard InChI is InChI=1S/C9H21N/c1-7(8(2)10-6)9(3,4)5/h7-8,10H,1-6H3/t7-,8-/m1/s1. The summed E-state index contributed by atoms with van der Waals surface area (Å²) in [7, 11) is 2.02. The van der Waals surface area contributed by atoms with Crippen molar-refractivity contribution < 1.29 is 0 Å². The predicted molar refractivity (Wildman–Crippen MR) is 47.1 cm³/mol. The van der Waals surface area contributed by atoms with Gasteiger partial charge in [-0.1, -0.05) is 27.7 Å². The molecule has 0 saturated carbocycles. The van der Waals surface area contributed by atoms with Crippen molar-refractivity contribution in [3.05, 3.63) is 0 Å². The van der Waals surface area contributed by atoms with Gasteiger partial charge in [0.05, 0.1) is 0 Å². The summed E-state index contributed by atoms with van der Waals surface area (Å²) in [4.78, 5) is 0. The molecule has 0 aliphatic heterocycles. The highest BCUT2D eigenvalue weighted by Gasteiger charge is 2.23. The van der Waals surface area contributed by atoms with Crippen LogP contribution in [0.2, 0.25) is 0 Å². The van der Waals surface area contributed by atoms with Crippen LogP contribution in [0.5, 0.6) is 0 Å². The molecule has 0 amide bonds. The Bertz CT molecular complexity index is 91.4. The van der Waals surface area contributed by atoms with E-state index in [9.17, 15) is 0 Å². The predicted octanol–water partition coefficient (Wildman–Crippen LogP) is 2.28. The number of rotatable bonds is 2. The summed E-state index contributed by atoms with van der Waals surface area (Å²) in [5.74, 6) is 0.720. The number of hydrogen-bond donors (Lipinski definition) is 1. The van der Waals surface area contributed by atoms with Crippen LogP contribution >= 0.6 is 0 Å². The topological polar surface area (TPSA) is 12.0 Å². The van der Waals surface area contributed by atoms with Crippen LogP contribution in [0.1, 0.15) is 34.6 Å². The number of hydrogen-bond acceptors (Lipinski definition) is 1. The van der Waals surface area contributed by atoms with Crippen molar-refractivity contribution in [1.82, 2.24) is 5.32 Å². The molecular formula is C9H21N. The van der Waals surface area contributed by atoms with Gasteiger partial charge < -0.3 is 5.32 Å². The molecule has 0 aliphatic carbocycles. The summed E-state index contributed by atoms with van der Waals surface area (Å²) in [6.07, 6.45) is 0. The van der Waals surface area contributed by atoms with Crippen LogP contribution in [0.15, 0.2) is 0 Å². The van der Waals surface area contributed by atoms with Gasteiger partial charge in [-0.15, -0.1) is 0 Å². The van der Waals surface area contributed by atoms with Crippen molar-refractivity contribution in [3.63, 3.8) is 0 Å². The van der Waals surface area contributed by atoms with Crippen LogP contribution in [-0.2, 0) is 0 Å². The van der Waals surface area contributed by atoms with E-state index in [0.29, 0.717) is 11.5 Å². The molecule has 0 aliphatic rings. The smallest absolute Gasteiger partial charge is 0.00663 e. The third kappa shape index (κ3) is 2.70. The van der Waals surface area contributed by atoms with Crippen molar-refractivity contribution in [3.8, 4) is 0 Å². The Morgan fingerprint density at radius 2 is 1.50 bits per heavy atom. The first-order valence-corrected chi connectivity index (χ1v) is 4.07. The highest BCUT2D eigenvalue weighted by Crippen LogP contribution is 2.27. The molecule has 0 saturated heterocycles. The first-order chi connectivity index (χ1) is 4.39. The van der Waals surface area contributed by atoms with Gasteiger partial charge in [0.1, 0.15) is 0 Å². The van der Waals surface area contributed by atoms with E-state index in [4.69, 9.17) is 0 Å². The molecule has 0 unspecified atom stereocenters. The molecule has 1 heteroatoms. The average Bonchev–Trinajstić information content (AvgIpc) is 1.83. The van der Waals surface area contributed by atoms with Crippen LogP contribution < -0.4 is 5.32 Å². The molecule has 0 aromatic rings. The SMILES string of the molecule is CN[C@H](C)[C@@H](C)C(C)(C)C. The minimum Gasteiger partial charge on any atom is -0.317 e. The lowest BCUT2D eigenvalue weighted by Gasteiger charge is -2.32. The summed E-state index contributed by atoms with van der Waals surface area (Å²) in [6.45, 7) is 11.4. The first kappa shape index (κ1) is 9.96. The Morgan fingerprint density at radius 3 is 1.60 bits per heavy atom. The maximum Gasteiger partial charge on any atom is 0.00663 e. The van der Waals surface area contributed by atoms with Crippen LogP contribution in [0.3, 0.4) is 0 Å². The Labute approximate surface area is 65.2 Å². The van der Waals surface area contributed by atoms with E-state index in [1.165, 1.54) is 0 Å². The molecule has 0 aromatic heterocycles. The van der Waals surface area contributed by atoms with Crippen molar-refractivity contribution in [2.75, 3.05) is 7.05 Å². The van der Waals surface area contributed by atoms with Crippen LogP contribution in [-0.4, -0.2) is 13.1 Å². The molecule has 1 nitrogen and oxygen atoms in total. The van der Waals surface area contributed by atoms with E-state index in [1.54, 1.807) is 0 Å². The van der Waals surface area contributed by atoms with Gasteiger partial charge in [-0.25, -0.2) is 0 Å². The van der Waals surface area contributed by atoms with Crippen molar-refractivity contribution in [2.45, 2.75) is 40.7 Å². The van der Waals surface area contributed by atoms with Gasteiger partial charge >= 0.3 is 0 Å². The van der Waals surface area contributed by atoms with Crippen LogP contribution in [0.4, 0.5) is 0 Å². The molecule has 0 heterocycles. The second-order valence-corrected chi connectivity index (χ2v) is 4.23. The highest BCUT2D eigenvalue weighted by atomic mass is 14.9. The van der Waals surface area contributed by atoms with E-state index < -0.39 is 0 Å². The Morgan fingerprint density at radius 1 is 1.10 bits per heavy atom. The third-order valence-corrected chi connectivity index (χ3v) is 2.57. The van der Waals surface area contributed by atoms with E-state index >= 15 is 0 Å². The molecule has 0 spiro atoms. The fourth-order valence-electron chi connectivity index (χ4n) is 1.00. The first-order valence-electron chi connectivity index (χ1n) is 4.07. The summed E-state index contributed by atoms with van der Waals surface area (Å²) in [5, 5.41) is 3.27. The normalized spacial score (nSPS) is 18.6. The van der Waals surface area contributed by atoms with Gasteiger partial charge in [-0.3, -0.25) is 0 Å². The summed E-state index contributed by atoms with van der Waals surface area (Å²) >= 11 is 0. The van der Waals surface area contributed by atoms with Gasteiger partial charge in [-0.2, -0.15) is 0 Å². The number of nitrogens with one attached hydrogen (secondary N) is 1. The zero-order chi connectivity index (χ0) is 8.36. The van der Waals surface area contributed by atoms with Crippen molar-refractivity contribution in [2.24, 2.45) is 11.3 Å². The molecule has 2 atom stereocenters. The Hall–Kier alpha value is -0.0400. The second-order valence-electron chi connectivity index (χ2n) is 4.23. The summed E-state index contributed by atoms with van der Waals surface area (Å²) in [5.41, 5.74) is 0.419. The Balaban J connectivity index is 3.94. The largest absolute Gasteiger partial charge is 0.317 e. The van der Waals surface area contributed by atoms with Crippen molar-refractivity contribution >= 4 is 0 Å². The lowest BCUT2D eigenvalue weighted by atomic mass is 9.78. The third-order valence-electron chi connectivity index (χ3n) is 2.57. The molecular weight excluding hydrogens is 122 g/mol.